The van der Waals surface area contributed by atoms with Crippen molar-refractivity contribution in [2.75, 3.05) is 19.7 Å². The Labute approximate surface area is 202 Å². The van der Waals surface area contributed by atoms with E-state index in [1.807, 2.05) is 0 Å². The van der Waals surface area contributed by atoms with Crippen LogP contribution in [0.25, 0.3) is 0 Å². The van der Waals surface area contributed by atoms with Crippen molar-refractivity contribution in [1.29, 1.82) is 0 Å². The topological polar surface area (TPSA) is 85.7 Å². The molecule has 35 heavy (non-hydrogen) atoms. The molecule has 0 spiro atoms. The molecule has 1 atom stereocenters. The van der Waals surface area contributed by atoms with Gasteiger partial charge in [-0.2, -0.15) is 5.10 Å². The van der Waals surface area contributed by atoms with Gasteiger partial charge in [-0.25, -0.2) is 4.39 Å². The SMILES string of the molecule is O=C(COc1ccc(Cl)c(F)c1)NC12CC(n3cc(C(=O)N4CC[C@H](OC(F)(F)F)C4)cn3)(C1)C2. The predicted octanol–water partition coefficient (Wildman–Crippen LogP) is 3.25. The summed E-state index contributed by atoms with van der Waals surface area (Å²) >= 11 is 5.62. The fraction of sp³-hybridized carbons (Fsp3) is 0.500. The monoisotopic (exact) mass is 516 g/mol. The van der Waals surface area contributed by atoms with E-state index in [0.29, 0.717) is 24.8 Å². The van der Waals surface area contributed by atoms with Gasteiger partial charge in [-0.15, -0.1) is 13.2 Å². The second-order valence-electron chi connectivity index (χ2n) is 9.35. The molecule has 8 nitrogen and oxygen atoms in total. The number of carbonyl (C=O) groups excluding carboxylic acids is 2. The average molecular weight is 517 g/mol. The van der Waals surface area contributed by atoms with Crippen molar-refractivity contribution in [2.45, 2.75) is 49.2 Å². The molecule has 2 heterocycles. The first-order valence-electron chi connectivity index (χ1n) is 10.9. The van der Waals surface area contributed by atoms with E-state index in [-0.39, 0.29) is 53.9 Å². The van der Waals surface area contributed by atoms with Crippen molar-refractivity contribution in [3.63, 3.8) is 0 Å². The summed E-state index contributed by atoms with van der Waals surface area (Å²) in [5.74, 6) is -1.18. The maximum atomic E-state index is 13.5. The Balaban J connectivity index is 1.10. The van der Waals surface area contributed by atoms with Gasteiger partial charge in [0.05, 0.1) is 28.4 Å². The summed E-state index contributed by atoms with van der Waals surface area (Å²) in [7, 11) is 0. The van der Waals surface area contributed by atoms with Crippen LogP contribution in [-0.4, -0.2) is 64.2 Å². The first kappa shape index (κ1) is 23.9. The summed E-state index contributed by atoms with van der Waals surface area (Å²) in [6.45, 7) is -0.227. The molecule has 0 radical (unpaired) electrons. The Morgan fingerprint density at radius 2 is 2.00 bits per heavy atom. The standard InChI is InChI=1S/C22H21ClF4N4O4/c23-16-2-1-14(5-17(16)24)34-9-18(32)29-20-10-21(11-20,12-20)31-7-13(6-28-31)19(33)30-4-3-15(8-30)35-22(25,26)27/h1-2,5-7,15H,3-4,8-12H2,(H,29,32)/t15-,20?,21?/m0/s1. The summed E-state index contributed by atoms with van der Waals surface area (Å²) in [6, 6.07) is 3.92. The number of nitrogens with one attached hydrogen (secondary N) is 1. The minimum Gasteiger partial charge on any atom is -0.484 e. The molecule has 1 aromatic carbocycles. The molecule has 1 N–H and O–H groups in total. The largest absolute Gasteiger partial charge is 0.522 e. The first-order valence-corrected chi connectivity index (χ1v) is 11.3. The van der Waals surface area contributed by atoms with Gasteiger partial charge in [0.2, 0.25) is 0 Å². The second kappa shape index (κ2) is 8.37. The predicted molar refractivity (Wildman–Crippen MR) is 113 cm³/mol. The third-order valence-electron chi connectivity index (χ3n) is 6.72. The summed E-state index contributed by atoms with van der Waals surface area (Å²) in [5, 5.41) is 7.20. The lowest BCUT2D eigenvalue weighted by atomic mass is 9.44. The number of ether oxygens (including phenoxy) is 2. The molecule has 4 fully saturated rings. The highest BCUT2D eigenvalue weighted by Crippen LogP contribution is 2.65. The van der Waals surface area contributed by atoms with Gasteiger partial charge >= 0.3 is 6.36 Å². The number of amides is 2. The lowest BCUT2D eigenvalue weighted by molar-refractivity contribution is -0.340. The Morgan fingerprint density at radius 1 is 1.26 bits per heavy atom. The van der Waals surface area contributed by atoms with Crippen LogP contribution in [0.1, 0.15) is 36.0 Å². The van der Waals surface area contributed by atoms with Crippen LogP contribution in [0.15, 0.2) is 30.6 Å². The highest BCUT2D eigenvalue weighted by atomic mass is 35.5. The molecule has 1 aromatic heterocycles. The lowest BCUT2D eigenvalue weighted by Crippen LogP contribution is -2.79. The van der Waals surface area contributed by atoms with Gasteiger partial charge in [-0.05, 0) is 37.8 Å². The molecule has 188 valence electrons. The van der Waals surface area contributed by atoms with Gasteiger partial charge in [-0.3, -0.25) is 19.0 Å². The third-order valence-corrected chi connectivity index (χ3v) is 7.02. The van der Waals surface area contributed by atoms with Crippen molar-refractivity contribution in [3.8, 4) is 5.75 Å². The number of aromatic nitrogens is 2. The summed E-state index contributed by atoms with van der Waals surface area (Å²) in [5.41, 5.74) is -0.387. The van der Waals surface area contributed by atoms with E-state index in [0.717, 1.165) is 6.07 Å². The smallest absolute Gasteiger partial charge is 0.484 e. The second-order valence-corrected chi connectivity index (χ2v) is 9.75. The van der Waals surface area contributed by atoms with Crippen molar-refractivity contribution >= 4 is 23.4 Å². The Morgan fingerprint density at radius 3 is 2.69 bits per heavy atom. The highest BCUT2D eigenvalue weighted by Gasteiger charge is 2.70. The van der Waals surface area contributed by atoms with Gasteiger partial charge in [0.15, 0.2) is 6.61 Å². The zero-order chi connectivity index (χ0) is 25.0. The molecule has 6 rings (SSSR count). The van der Waals surface area contributed by atoms with Gasteiger partial charge in [0, 0.05) is 30.9 Å². The Kier molecular flexibility index (Phi) is 5.71. The molecule has 0 unspecified atom stereocenters. The normalized spacial score (nSPS) is 27.2. The van der Waals surface area contributed by atoms with Crippen molar-refractivity contribution < 1.29 is 36.6 Å². The minimum atomic E-state index is -4.73. The summed E-state index contributed by atoms with van der Waals surface area (Å²) < 4.78 is 61.7. The number of alkyl halides is 3. The molecule has 3 aliphatic carbocycles. The van der Waals surface area contributed by atoms with E-state index in [4.69, 9.17) is 16.3 Å². The van der Waals surface area contributed by atoms with Crippen LogP contribution < -0.4 is 10.1 Å². The average Bonchev–Trinajstić information content (AvgIpc) is 3.39. The first-order chi connectivity index (χ1) is 16.5. The Bertz CT molecular complexity index is 1150. The minimum absolute atomic E-state index is 0.0375. The van der Waals surface area contributed by atoms with Gasteiger partial charge in [0.1, 0.15) is 11.6 Å². The van der Waals surface area contributed by atoms with Gasteiger partial charge in [0.25, 0.3) is 11.8 Å². The number of hydrogen-bond donors (Lipinski definition) is 1. The van der Waals surface area contributed by atoms with Crippen LogP contribution in [-0.2, 0) is 15.1 Å². The van der Waals surface area contributed by atoms with Crippen molar-refractivity contribution in [1.82, 2.24) is 20.0 Å². The molecule has 1 saturated heterocycles. The maximum Gasteiger partial charge on any atom is 0.522 e. The zero-order valence-electron chi connectivity index (χ0n) is 18.3. The number of likely N-dealkylation sites (tertiary alicyclic amines) is 1. The number of benzene rings is 1. The quantitative estimate of drug-likeness (QED) is 0.571. The molecular formula is C22H21ClF4N4O4. The number of rotatable bonds is 7. The van der Waals surface area contributed by atoms with Gasteiger partial charge in [-0.1, -0.05) is 11.6 Å². The fourth-order valence-corrected chi connectivity index (χ4v) is 5.35. The van der Waals surface area contributed by atoms with Crippen LogP contribution in [0, 0.1) is 5.82 Å². The third kappa shape index (κ3) is 4.68. The molecule has 13 heteroatoms. The number of halogens is 5. The fourth-order valence-electron chi connectivity index (χ4n) is 5.23. The van der Waals surface area contributed by atoms with E-state index in [9.17, 15) is 27.2 Å². The summed E-state index contributed by atoms with van der Waals surface area (Å²) in [6.07, 6.45) is -0.802. The molecule has 4 aliphatic rings. The molecule has 1 aliphatic heterocycles. The van der Waals surface area contributed by atoms with E-state index in [1.54, 1.807) is 10.9 Å². The van der Waals surface area contributed by atoms with Gasteiger partial charge < -0.3 is 15.0 Å². The molecule has 2 amide bonds. The van der Waals surface area contributed by atoms with E-state index >= 15 is 0 Å². The van der Waals surface area contributed by atoms with E-state index in [2.05, 4.69) is 15.2 Å². The van der Waals surface area contributed by atoms with E-state index < -0.39 is 24.2 Å². The van der Waals surface area contributed by atoms with Crippen LogP contribution in [0.2, 0.25) is 5.02 Å². The zero-order valence-corrected chi connectivity index (χ0v) is 19.0. The highest BCUT2D eigenvalue weighted by molar-refractivity contribution is 6.30. The Hall–Kier alpha value is -2.86. The summed E-state index contributed by atoms with van der Waals surface area (Å²) in [4.78, 5) is 26.3. The number of hydrogen-bond acceptors (Lipinski definition) is 5. The van der Waals surface area contributed by atoms with Crippen LogP contribution in [0.5, 0.6) is 5.75 Å². The molecular weight excluding hydrogens is 496 g/mol. The van der Waals surface area contributed by atoms with Crippen LogP contribution in [0.3, 0.4) is 0 Å². The lowest BCUT2D eigenvalue weighted by Gasteiger charge is -2.69. The van der Waals surface area contributed by atoms with Crippen LogP contribution in [0.4, 0.5) is 17.6 Å². The number of nitrogens with zero attached hydrogens (tertiary/aromatic N) is 3. The molecule has 2 bridgehead atoms. The van der Waals surface area contributed by atoms with E-state index in [1.165, 1.54) is 23.2 Å². The number of carbonyl (C=O) groups is 2. The van der Waals surface area contributed by atoms with Crippen molar-refractivity contribution in [3.05, 3.63) is 47.0 Å². The maximum absolute atomic E-state index is 13.5. The molecule has 2 aromatic rings. The van der Waals surface area contributed by atoms with Crippen molar-refractivity contribution in [2.24, 2.45) is 0 Å². The molecule has 3 saturated carbocycles. The van der Waals surface area contributed by atoms with Crippen LogP contribution >= 0.6 is 11.6 Å².